The predicted octanol–water partition coefficient (Wildman–Crippen LogP) is 2.77. The maximum absolute atomic E-state index is 11.8. The number of aryl methyl sites for hydroxylation is 1. The summed E-state index contributed by atoms with van der Waals surface area (Å²) in [6.07, 6.45) is 1.92. The monoisotopic (exact) mass is 455 g/mol. The van der Waals surface area contributed by atoms with Crippen molar-refractivity contribution in [3.63, 3.8) is 0 Å². The van der Waals surface area contributed by atoms with E-state index in [2.05, 4.69) is 20.6 Å². The molecular formula is C17H22IN5O2. The van der Waals surface area contributed by atoms with Gasteiger partial charge >= 0.3 is 0 Å². The van der Waals surface area contributed by atoms with Crippen LogP contribution in [0, 0.1) is 6.92 Å². The van der Waals surface area contributed by atoms with Crippen molar-refractivity contribution in [3.05, 3.63) is 48.2 Å². The highest BCUT2D eigenvalue weighted by molar-refractivity contribution is 14.0. The minimum absolute atomic E-state index is 0. The number of hydrogen-bond acceptors (Lipinski definition) is 4. The number of ether oxygens (including phenoxy) is 1. The number of carbonyl (C=O) groups is 1. The van der Waals surface area contributed by atoms with Crippen LogP contribution in [-0.4, -0.2) is 30.5 Å². The van der Waals surface area contributed by atoms with Gasteiger partial charge in [-0.1, -0.05) is 12.1 Å². The van der Waals surface area contributed by atoms with E-state index in [1.807, 2.05) is 31.2 Å². The first-order valence-corrected chi connectivity index (χ1v) is 7.50. The van der Waals surface area contributed by atoms with Crippen LogP contribution in [0.1, 0.15) is 12.0 Å². The third kappa shape index (κ3) is 7.38. The van der Waals surface area contributed by atoms with Gasteiger partial charge in [0.15, 0.2) is 5.96 Å². The number of rotatable bonds is 6. The number of pyridine rings is 1. The molecule has 0 aliphatic carbocycles. The number of benzene rings is 1. The Morgan fingerprint density at radius 1 is 1.28 bits per heavy atom. The second kappa shape index (κ2) is 10.5. The minimum atomic E-state index is -0.163. The molecule has 0 aliphatic heterocycles. The lowest BCUT2D eigenvalue weighted by atomic mass is 10.3. The van der Waals surface area contributed by atoms with E-state index in [1.165, 1.54) is 0 Å². The van der Waals surface area contributed by atoms with Gasteiger partial charge in [-0.3, -0.25) is 9.79 Å². The summed E-state index contributed by atoms with van der Waals surface area (Å²) >= 11 is 0. The molecule has 8 heteroatoms. The first-order chi connectivity index (χ1) is 11.6. The lowest BCUT2D eigenvalue weighted by Gasteiger charge is -2.07. The Kier molecular flexibility index (Phi) is 8.68. The summed E-state index contributed by atoms with van der Waals surface area (Å²) in [6.45, 7) is 2.21. The van der Waals surface area contributed by atoms with Crippen LogP contribution in [0.15, 0.2) is 47.6 Å². The molecule has 0 saturated carbocycles. The van der Waals surface area contributed by atoms with E-state index in [-0.39, 0.29) is 48.8 Å². The first-order valence-electron chi connectivity index (χ1n) is 7.50. The average Bonchev–Trinajstić information content (AvgIpc) is 2.57. The molecule has 4 N–H and O–H groups in total. The van der Waals surface area contributed by atoms with E-state index < -0.39 is 0 Å². The van der Waals surface area contributed by atoms with Gasteiger partial charge in [0.25, 0.3) is 0 Å². The van der Waals surface area contributed by atoms with Gasteiger partial charge in [-0.05, 0) is 30.7 Å². The number of carbonyl (C=O) groups excluding carboxylic acids is 1. The van der Waals surface area contributed by atoms with Crippen LogP contribution in [0.25, 0.3) is 0 Å². The van der Waals surface area contributed by atoms with Crippen LogP contribution in [0.2, 0.25) is 0 Å². The standard InChI is InChI=1S/C17H21N5O2.HI/c1-12-6-7-15(20-11-12)22-16(23)8-9-19-17(18)21-13-4-3-5-14(10-13)24-2;/h3-7,10-11H,8-9H2,1-2H3,(H3,18,19,21)(H,20,22,23);1H. The SMILES string of the molecule is COc1cccc(NC(N)=NCCC(=O)Nc2ccc(C)cn2)c1.I. The lowest BCUT2D eigenvalue weighted by Crippen LogP contribution is -2.23. The second-order valence-electron chi connectivity index (χ2n) is 5.14. The number of hydrogen-bond donors (Lipinski definition) is 3. The molecule has 0 saturated heterocycles. The van der Waals surface area contributed by atoms with Gasteiger partial charge in [0.2, 0.25) is 5.91 Å². The Bertz CT molecular complexity index is 719. The van der Waals surface area contributed by atoms with Crippen molar-refractivity contribution >= 4 is 47.3 Å². The van der Waals surface area contributed by atoms with E-state index in [0.717, 1.165) is 17.0 Å². The van der Waals surface area contributed by atoms with Crippen molar-refractivity contribution in [1.82, 2.24) is 4.98 Å². The van der Waals surface area contributed by atoms with Crippen LogP contribution >= 0.6 is 24.0 Å². The molecule has 1 amide bonds. The molecule has 1 aromatic heterocycles. The van der Waals surface area contributed by atoms with Crippen molar-refractivity contribution in [1.29, 1.82) is 0 Å². The molecule has 1 aromatic carbocycles. The van der Waals surface area contributed by atoms with Gasteiger partial charge in [0, 0.05) is 24.4 Å². The van der Waals surface area contributed by atoms with Gasteiger partial charge < -0.3 is 21.1 Å². The van der Waals surface area contributed by atoms with Crippen molar-refractivity contribution in [3.8, 4) is 5.75 Å². The lowest BCUT2D eigenvalue weighted by molar-refractivity contribution is -0.116. The summed E-state index contributed by atoms with van der Waals surface area (Å²) in [6, 6.07) is 11.0. The Labute approximate surface area is 164 Å². The summed E-state index contributed by atoms with van der Waals surface area (Å²) in [4.78, 5) is 20.1. The van der Waals surface area contributed by atoms with Crippen LogP contribution in [0.3, 0.4) is 0 Å². The third-order valence-corrected chi connectivity index (χ3v) is 3.14. The number of nitrogens with two attached hydrogens (primary N) is 1. The summed E-state index contributed by atoms with van der Waals surface area (Å²) in [5.74, 6) is 1.32. The van der Waals surface area contributed by atoms with Crippen molar-refractivity contribution in [2.75, 3.05) is 24.3 Å². The first kappa shape index (κ1) is 20.7. The number of guanidine groups is 1. The van der Waals surface area contributed by atoms with E-state index in [9.17, 15) is 4.79 Å². The molecule has 2 aromatic rings. The highest BCUT2D eigenvalue weighted by Crippen LogP contribution is 2.16. The molecule has 0 fully saturated rings. The molecule has 7 nitrogen and oxygen atoms in total. The zero-order valence-electron chi connectivity index (χ0n) is 14.2. The molecule has 0 radical (unpaired) electrons. The Morgan fingerprint density at radius 3 is 2.76 bits per heavy atom. The number of aromatic nitrogens is 1. The van der Waals surface area contributed by atoms with Gasteiger partial charge in [-0.2, -0.15) is 0 Å². The topological polar surface area (TPSA) is 102 Å². The normalized spacial score (nSPS) is 10.6. The van der Waals surface area contributed by atoms with Crippen molar-refractivity contribution < 1.29 is 9.53 Å². The number of halogens is 1. The van der Waals surface area contributed by atoms with Gasteiger partial charge in [0.05, 0.1) is 13.7 Å². The van der Waals surface area contributed by atoms with Crippen LogP contribution in [0.5, 0.6) is 5.75 Å². The fourth-order valence-electron chi connectivity index (χ4n) is 1.91. The summed E-state index contributed by atoms with van der Waals surface area (Å²) in [5, 5.41) is 5.66. The van der Waals surface area contributed by atoms with Crippen molar-refractivity contribution in [2.24, 2.45) is 10.7 Å². The molecule has 0 spiro atoms. The smallest absolute Gasteiger partial charge is 0.227 e. The third-order valence-electron chi connectivity index (χ3n) is 3.14. The molecule has 25 heavy (non-hydrogen) atoms. The van der Waals surface area contributed by atoms with Crippen LogP contribution in [0.4, 0.5) is 11.5 Å². The zero-order valence-corrected chi connectivity index (χ0v) is 16.5. The molecule has 0 bridgehead atoms. The van der Waals surface area contributed by atoms with E-state index in [0.29, 0.717) is 5.82 Å². The zero-order chi connectivity index (χ0) is 17.4. The molecule has 0 atom stereocenters. The maximum atomic E-state index is 11.8. The molecule has 1 heterocycles. The summed E-state index contributed by atoms with van der Waals surface area (Å²) < 4.78 is 5.13. The molecule has 2 rings (SSSR count). The van der Waals surface area contributed by atoms with E-state index >= 15 is 0 Å². The Balaban J connectivity index is 0.00000312. The maximum Gasteiger partial charge on any atom is 0.227 e. The van der Waals surface area contributed by atoms with Crippen molar-refractivity contribution in [2.45, 2.75) is 13.3 Å². The number of nitrogens with one attached hydrogen (secondary N) is 2. The van der Waals surface area contributed by atoms with Gasteiger partial charge in [-0.15, -0.1) is 24.0 Å². The summed E-state index contributed by atoms with van der Waals surface area (Å²) in [7, 11) is 1.60. The molecular weight excluding hydrogens is 433 g/mol. The average molecular weight is 455 g/mol. The molecule has 0 unspecified atom stereocenters. The molecule has 0 aliphatic rings. The van der Waals surface area contributed by atoms with E-state index in [4.69, 9.17) is 10.5 Å². The Morgan fingerprint density at radius 2 is 2.08 bits per heavy atom. The number of nitrogens with zero attached hydrogens (tertiary/aromatic N) is 2. The number of aliphatic imine (C=N–C) groups is 1. The predicted molar refractivity (Wildman–Crippen MR) is 111 cm³/mol. The van der Waals surface area contributed by atoms with Crippen LogP contribution in [-0.2, 0) is 4.79 Å². The van der Waals surface area contributed by atoms with E-state index in [1.54, 1.807) is 25.4 Å². The largest absolute Gasteiger partial charge is 0.497 e. The summed E-state index contributed by atoms with van der Waals surface area (Å²) in [5.41, 5.74) is 7.61. The number of anilines is 2. The minimum Gasteiger partial charge on any atom is -0.497 e. The van der Waals surface area contributed by atoms with Crippen LogP contribution < -0.4 is 21.1 Å². The fraction of sp³-hybridized carbons (Fsp3) is 0.235. The number of methoxy groups -OCH3 is 1. The second-order valence-corrected chi connectivity index (χ2v) is 5.14. The van der Waals surface area contributed by atoms with Gasteiger partial charge in [0.1, 0.15) is 11.6 Å². The quantitative estimate of drug-likeness (QED) is 0.353. The highest BCUT2D eigenvalue weighted by Gasteiger charge is 2.03. The highest BCUT2D eigenvalue weighted by atomic mass is 127. The van der Waals surface area contributed by atoms with Gasteiger partial charge in [-0.25, -0.2) is 4.98 Å². The number of amides is 1. The fourth-order valence-corrected chi connectivity index (χ4v) is 1.91. The Hall–Kier alpha value is -2.36. The molecule has 134 valence electrons.